The Hall–Kier alpha value is -1.65. The third kappa shape index (κ3) is 5.41. The van der Waals surface area contributed by atoms with Crippen LogP contribution >= 0.6 is 0 Å². The van der Waals surface area contributed by atoms with Crippen LogP contribution < -0.4 is 15.1 Å². The molecule has 0 radical (unpaired) electrons. The van der Waals surface area contributed by atoms with Gasteiger partial charge in [-0.2, -0.15) is 0 Å². The van der Waals surface area contributed by atoms with Gasteiger partial charge in [0.25, 0.3) is 5.91 Å². The molecule has 1 saturated carbocycles. The van der Waals surface area contributed by atoms with Crippen LogP contribution in [0.15, 0.2) is 36.4 Å². The summed E-state index contributed by atoms with van der Waals surface area (Å²) in [5.41, 5.74) is 1.27. The monoisotopic (exact) mass is 343 g/mol. The molecule has 2 fully saturated rings. The molecule has 1 atom stereocenters. The number of nitrogens with one attached hydrogen (secondary N) is 3. The second kappa shape index (κ2) is 9.16. The minimum absolute atomic E-state index is 0.0852. The SMILES string of the molecule is C[C@H](C(=O)NC1CCCC1)[NH+]1CC[NH+](C/C=C/c2ccccc2)CC1. The summed E-state index contributed by atoms with van der Waals surface area (Å²) in [7, 11) is 0. The molecule has 0 aromatic heterocycles. The Morgan fingerprint density at radius 1 is 1.16 bits per heavy atom. The third-order valence-electron chi connectivity index (χ3n) is 5.82. The molecule has 1 aromatic rings. The van der Waals surface area contributed by atoms with E-state index in [9.17, 15) is 4.79 Å². The van der Waals surface area contributed by atoms with Gasteiger partial charge in [-0.1, -0.05) is 49.2 Å². The van der Waals surface area contributed by atoms with Crippen LogP contribution in [-0.4, -0.2) is 50.7 Å². The first-order chi connectivity index (χ1) is 12.2. The van der Waals surface area contributed by atoms with Gasteiger partial charge in [0, 0.05) is 6.04 Å². The van der Waals surface area contributed by atoms with Crippen LogP contribution in [-0.2, 0) is 4.79 Å². The highest BCUT2D eigenvalue weighted by atomic mass is 16.2. The number of rotatable bonds is 6. The van der Waals surface area contributed by atoms with Crippen molar-refractivity contribution >= 4 is 12.0 Å². The quantitative estimate of drug-likeness (QED) is 0.665. The molecule has 1 heterocycles. The maximum Gasteiger partial charge on any atom is 0.278 e. The first-order valence-electron chi connectivity index (χ1n) is 9.92. The van der Waals surface area contributed by atoms with Gasteiger partial charge < -0.3 is 15.1 Å². The van der Waals surface area contributed by atoms with Gasteiger partial charge in [-0.05, 0) is 31.4 Å². The Morgan fingerprint density at radius 3 is 2.52 bits per heavy atom. The summed E-state index contributed by atoms with van der Waals surface area (Å²) in [5, 5.41) is 3.26. The van der Waals surface area contributed by atoms with Gasteiger partial charge in [0.2, 0.25) is 0 Å². The van der Waals surface area contributed by atoms with E-state index < -0.39 is 0 Å². The van der Waals surface area contributed by atoms with E-state index in [0.29, 0.717) is 6.04 Å². The summed E-state index contributed by atoms with van der Waals surface area (Å²) >= 11 is 0. The molecule has 136 valence electrons. The van der Waals surface area contributed by atoms with Crippen molar-refractivity contribution in [2.75, 3.05) is 32.7 Å². The van der Waals surface area contributed by atoms with Crippen LogP contribution in [0.4, 0.5) is 0 Å². The minimum Gasteiger partial charge on any atom is -0.348 e. The molecule has 3 rings (SSSR count). The molecular weight excluding hydrogens is 310 g/mol. The summed E-state index contributed by atoms with van der Waals surface area (Å²) in [6, 6.07) is 11.0. The smallest absolute Gasteiger partial charge is 0.278 e. The number of amides is 1. The Bertz CT molecular complexity index is 558. The zero-order valence-electron chi connectivity index (χ0n) is 15.5. The van der Waals surface area contributed by atoms with Crippen LogP contribution in [0.1, 0.15) is 38.2 Å². The molecule has 1 saturated heterocycles. The fourth-order valence-electron chi connectivity index (χ4n) is 4.07. The Kier molecular flexibility index (Phi) is 6.65. The highest BCUT2D eigenvalue weighted by Gasteiger charge is 2.31. The van der Waals surface area contributed by atoms with E-state index in [1.165, 1.54) is 36.1 Å². The van der Waals surface area contributed by atoms with Gasteiger partial charge >= 0.3 is 0 Å². The van der Waals surface area contributed by atoms with Crippen molar-refractivity contribution in [3.8, 4) is 0 Å². The van der Waals surface area contributed by atoms with Gasteiger partial charge in [-0.3, -0.25) is 4.79 Å². The molecule has 4 nitrogen and oxygen atoms in total. The molecule has 1 aliphatic heterocycles. The van der Waals surface area contributed by atoms with Crippen LogP contribution in [0.25, 0.3) is 6.08 Å². The lowest BCUT2D eigenvalue weighted by atomic mass is 10.1. The van der Waals surface area contributed by atoms with E-state index in [4.69, 9.17) is 0 Å². The minimum atomic E-state index is 0.0852. The zero-order chi connectivity index (χ0) is 17.5. The average Bonchev–Trinajstić information content (AvgIpc) is 3.15. The van der Waals surface area contributed by atoms with Crippen molar-refractivity contribution in [2.45, 2.75) is 44.7 Å². The molecular formula is C21H33N3O+2. The molecule has 2 aliphatic rings. The van der Waals surface area contributed by atoms with Gasteiger partial charge in [-0.25, -0.2) is 0 Å². The van der Waals surface area contributed by atoms with Crippen molar-refractivity contribution in [2.24, 2.45) is 0 Å². The lowest BCUT2D eigenvalue weighted by Gasteiger charge is -2.32. The number of piperazine rings is 1. The summed E-state index contributed by atoms with van der Waals surface area (Å²) in [6.45, 7) is 7.65. The predicted molar refractivity (Wildman–Crippen MR) is 102 cm³/mol. The second-order valence-electron chi connectivity index (χ2n) is 7.64. The average molecular weight is 344 g/mol. The molecule has 0 bridgehead atoms. The number of carbonyl (C=O) groups is 1. The predicted octanol–water partition coefficient (Wildman–Crippen LogP) is -0.0695. The zero-order valence-corrected chi connectivity index (χ0v) is 15.5. The molecule has 25 heavy (non-hydrogen) atoms. The molecule has 1 aromatic carbocycles. The highest BCUT2D eigenvalue weighted by Crippen LogP contribution is 2.17. The van der Waals surface area contributed by atoms with Crippen molar-refractivity contribution in [3.63, 3.8) is 0 Å². The Balaban J connectivity index is 1.39. The molecule has 0 spiro atoms. The van der Waals surface area contributed by atoms with Crippen molar-refractivity contribution in [3.05, 3.63) is 42.0 Å². The van der Waals surface area contributed by atoms with Crippen molar-refractivity contribution in [1.82, 2.24) is 5.32 Å². The fourth-order valence-corrected chi connectivity index (χ4v) is 4.07. The number of hydrogen-bond donors (Lipinski definition) is 3. The maximum atomic E-state index is 12.5. The first-order valence-corrected chi connectivity index (χ1v) is 9.92. The van der Waals surface area contributed by atoms with Gasteiger partial charge in [0.15, 0.2) is 6.04 Å². The van der Waals surface area contributed by atoms with E-state index in [1.807, 2.05) is 0 Å². The second-order valence-corrected chi connectivity index (χ2v) is 7.64. The van der Waals surface area contributed by atoms with E-state index in [0.717, 1.165) is 32.7 Å². The summed E-state index contributed by atoms with van der Waals surface area (Å²) < 4.78 is 0. The summed E-state index contributed by atoms with van der Waals surface area (Å²) in [6.07, 6.45) is 9.37. The number of carbonyl (C=O) groups excluding carboxylic acids is 1. The van der Waals surface area contributed by atoms with Gasteiger partial charge in [-0.15, -0.1) is 0 Å². The molecule has 1 aliphatic carbocycles. The largest absolute Gasteiger partial charge is 0.348 e. The molecule has 0 unspecified atom stereocenters. The summed E-state index contributed by atoms with van der Waals surface area (Å²) in [4.78, 5) is 15.5. The van der Waals surface area contributed by atoms with Gasteiger partial charge in [0.05, 0.1) is 6.54 Å². The van der Waals surface area contributed by atoms with Crippen molar-refractivity contribution in [1.29, 1.82) is 0 Å². The van der Waals surface area contributed by atoms with Crippen molar-refractivity contribution < 1.29 is 14.6 Å². The molecule has 1 amide bonds. The van der Waals surface area contributed by atoms with Crippen LogP contribution in [0, 0.1) is 0 Å². The number of benzene rings is 1. The highest BCUT2D eigenvalue weighted by molar-refractivity contribution is 5.80. The van der Waals surface area contributed by atoms with E-state index >= 15 is 0 Å². The molecule has 4 heteroatoms. The normalized spacial score (nSPS) is 26.0. The number of quaternary nitrogens is 2. The standard InChI is InChI=1S/C21H31N3O/c1-18(21(25)22-20-11-5-6-12-20)24-16-14-23(15-17-24)13-7-10-19-8-3-2-4-9-19/h2-4,7-10,18,20H,5-6,11-17H2,1H3,(H,22,25)/p+2/b10-7+/t18-/m1/s1. The maximum absolute atomic E-state index is 12.5. The lowest BCUT2D eigenvalue weighted by Crippen LogP contribution is -3.30. The summed E-state index contributed by atoms with van der Waals surface area (Å²) in [5.74, 6) is 0.259. The van der Waals surface area contributed by atoms with Gasteiger partial charge in [0.1, 0.15) is 26.2 Å². The topological polar surface area (TPSA) is 38.0 Å². The lowest BCUT2D eigenvalue weighted by molar-refractivity contribution is -1.02. The van der Waals surface area contributed by atoms with Crippen LogP contribution in [0.5, 0.6) is 0 Å². The van der Waals surface area contributed by atoms with E-state index in [1.54, 1.807) is 4.90 Å². The van der Waals surface area contributed by atoms with E-state index in [-0.39, 0.29) is 11.9 Å². The van der Waals surface area contributed by atoms with Crippen LogP contribution in [0.2, 0.25) is 0 Å². The third-order valence-corrected chi connectivity index (χ3v) is 5.82. The Labute approximate surface area is 151 Å². The van der Waals surface area contributed by atoms with E-state index in [2.05, 4.69) is 54.7 Å². The fraction of sp³-hybridized carbons (Fsp3) is 0.571. The Morgan fingerprint density at radius 2 is 1.84 bits per heavy atom. The first kappa shape index (κ1) is 18.2. The van der Waals surface area contributed by atoms with Crippen LogP contribution in [0.3, 0.4) is 0 Å². The number of hydrogen-bond acceptors (Lipinski definition) is 1. The molecule has 3 N–H and O–H groups in total.